The third-order valence-corrected chi connectivity index (χ3v) is 3.88. The smallest absolute Gasteiger partial charge is 0.129 e. The van der Waals surface area contributed by atoms with Crippen LogP contribution in [0.2, 0.25) is 5.15 Å². The Hall–Kier alpha value is -0.640. The van der Waals surface area contributed by atoms with Crippen molar-refractivity contribution in [2.24, 2.45) is 0 Å². The lowest BCUT2D eigenvalue weighted by molar-refractivity contribution is 0.176. The molecule has 2 rings (SSSR count). The van der Waals surface area contributed by atoms with Crippen LogP contribution in [-0.2, 0) is 6.54 Å². The molecule has 18 heavy (non-hydrogen) atoms. The molecule has 0 bridgehead atoms. The van der Waals surface area contributed by atoms with Crippen molar-refractivity contribution >= 4 is 11.6 Å². The van der Waals surface area contributed by atoms with E-state index in [1.807, 2.05) is 6.07 Å². The average Bonchev–Trinajstić information content (AvgIpc) is 2.51. The maximum atomic E-state index is 5.95. The van der Waals surface area contributed by atoms with Gasteiger partial charge in [0.05, 0.1) is 0 Å². The summed E-state index contributed by atoms with van der Waals surface area (Å²) >= 11 is 5.95. The molecule has 1 aliphatic rings. The monoisotopic (exact) mass is 267 g/mol. The SMILES string of the molecule is CCC1CN(C)CCCN1Cc1ccnc(Cl)c1. The highest BCUT2D eigenvalue weighted by molar-refractivity contribution is 6.29. The molecule has 1 aromatic heterocycles. The Bertz CT molecular complexity index is 383. The predicted octanol–water partition coefficient (Wildman–Crippen LogP) is 2.65. The molecule has 0 aromatic carbocycles. The van der Waals surface area contributed by atoms with Gasteiger partial charge < -0.3 is 4.90 Å². The van der Waals surface area contributed by atoms with Crippen LogP contribution in [0.1, 0.15) is 25.3 Å². The molecule has 0 radical (unpaired) electrons. The molecule has 2 heterocycles. The summed E-state index contributed by atoms with van der Waals surface area (Å²) in [6.07, 6.45) is 4.23. The molecule has 1 fully saturated rings. The van der Waals surface area contributed by atoms with Crippen molar-refractivity contribution in [1.82, 2.24) is 14.8 Å². The highest BCUT2D eigenvalue weighted by Gasteiger charge is 2.21. The second kappa shape index (κ2) is 6.50. The first-order chi connectivity index (χ1) is 8.69. The predicted molar refractivity (Wildman–Crippen MR) is 75.9 cm³/mol. The van der Waals surface area contributed by atoms with Crippen LogP contribution in [0.15, 0.2) is 18.3 Å². The van der Waals surface area contributed by atoms with Gasteiger partial charge in [0.25, 0.3) is 0 Å². The fourth-order valence-electron chi connectivity index (χ4n) is 2.66. The second-order valence-electron chi connectivity index (χ2n) is 5.14. The van der Waals surface area contributed by atoms with E-state index in [1.165, 1.54) is 31.5 Å². The minimum Gasteiger partial charge on any atom is -0.305 e. The van der Waals surface area contributed by atoms with Gasteiger partial charge in [-0.2, -0.15) is 0 Å². The van der Waals surface area contributed by atoms with Crippen molar-refractivity contribution in [3.8, 4) is 0 Å². The van der Waals surface area contributed by atoms with E-state index in [0.717, 1.165) is 13.1 Å². The second-order valence-corrected chi connectivity index (χ2v) is 5.52. The van der Waals surface area contributed by atoms with Crippen molar-refractivity contribution in [2.75, 3.05) is 26.7 Å². The molecule has 100 valence electrons. The number of hydrogen-bond donors (Lipinski definition) is 0. The third kappa shape index (κ3) is 3.67. The molecule has 4 heteroatoms. The van der Waals surface area contributed by atoms with Gasteiger partial charge in [0, 0.05) is 31.9 Å². The normalized spacial score (nSPS) is 22.9. The molecule has 0 amide bonds. The Labute approximate surface area is 115 Å². The number of pyridine rings is 1. The van der Waals surface area contributed by atoms with E-state index in [9.17, 15) is 0 Å². The maximum Gasteiger partial charge on any atom is 0.129 e. The summed E-state index contributed by atoms with van der Waals surface area (Å²) in [5.74, 6) is 0. The topological polar surface area (TPSA) is 19.4 Å². The molecule has 0 spiro atoms. The van der Waals surface area contributed by atoms with Gasteiger partial charge >= 0.3 is 0 Å². The highest BCUT2D eigenvalue weighted by Crippen LogP contribution is 2.17. The summed E-state index contributed by atoms with van der Waals surface area (Å²) in [5, 5.41) is 0.590. The van der Waals surface area contributed by atoms with E-state index < -0.39 is 0 Å². The van der Waals surface area contributed by atoms with Crippen molar-refractivity contribution in [3.63, 3.8) is 0 Å². The zero-order chi connectivity index (χ0) is 13.0. The lowest BCUT2D eigenvalue weighted by atomic mass is 10.1. The summed E-state index contributed by atoms with van der Waals surface area (Å²) in [7, 11) is 2.22. The minimum atomic E-state index is 0.590. The summed E-state index contributed by atoms with van der Waals surface area (Å²) in [6.45, 7) is 6.78. The number of hydrogen-bond acceptors (Lipinski definition) is 3. The first-order valence-corrected chi connectivity index (χ1v) is 7.10. The minimum absolute atomic E-state index is 0.590. The Kier molecular flexibility index (Phi) is 4.98. The molecule has 0 aliphatic carbocycles. The van der Waals surface area contributed by atoms with Crippen LogP contribution in [-0.4, -0.2) is 47.5 Å². The lowest BCUT2D eigenvalue weighted by Crippen LogP contribution is -2.39. The third-order valence-electron chi connectivity index (χ3n) is 3.67. The molecule has 0 N–H and O–H groups in total. The van der Waals surface area contributed by atoms with Gasteiger partial charge in [-0.3, -0.25) is 4.90 Å². The zero-order valence-corrected chi connectivity index (χ0v) is 12.0. The van der Waals surface area contributed by atoms with Crippen molar-refractivity contribution in [2.45, 2.75) is 32.4 Å². The van der Waals surface area contributed by atoms with Crippen LogP contribution in [0.3, 0.4) is 0 Å². The van der Waals surface area contributed by atoms with Crippen molar-refractivity contribution in [1.29, 1.82) is 0 Å². The molecule has 1 atom stereocenters. The van der Waals surface area contributed by atoms with Gasteiger partial charge in [-0.05, 0) is 44.1 Å². The molecule has 1 saturated heterocycles. The largest absolute Gasteiger partial charge is 0.305 e. The van der Waals surface area contributed by atoms with Crippen molar-refractivity contribution < 1.29 is 0 Å². The summed E-state index contributed by atoms with van der Waals surface area (Å²) in [5.41, 5.74) is 1.26. The fraction of sp³-hybridized carbons (Fsp3) is 0.643. The van der Waals surface area contributed by atoms with Gasteiger partial charge in [-0.15, -0.1) is 0 Å². The van der Waals surface area contributed by atoms with E-state index >= 15 is 0 Å². The summed E-state index contributed by atoms with van der Waals surface area (Å²) in [4.78, 5) is 9.06. The number of halogens is 1. The molecule has 0 saturated carbocycles. The van der Waals surface area contributed by atoms with Crippen LogP contribution < -0.4 is 0 Å². The molecular weight excluding hydrogens is 246 g/mol. The number of nitrogens with zero attached hydrogens (tertiary/aromatic N) is 3. The molecule has 1 aromatic rings. The quantitative estimate of drug-likeness (QED) is 0.785. The highest BCUT2D eigenvalue weighted by atomic mass is 35.5. The number of rotatable bonds is 3. The Balaban J connectivity index is 2.06. The van der Waals surface area contributed by atoms with Gasteiger partial charge in [0.15, 0.2) is 0 Å². The molecule has 3 nitrogen and oxygen atoms in total. The summed E-state index contributed by atoms with van der Waals surface area (Å²) in [6, 6.07) is 4.68. The van der Waals surface area contributed by atoms with Crippen LogP contribution in [0.4, 0.5) is 0 Å². The van der Waals surface area contributed by atoms with E-state index in [1.54, 1.807) is 6.20 Å². The molecule has 1 unspecified atom stereocenters. The Morgan fingerprint density at radius 1 is 1.44 bits per heavy atom. The first kappa shape index (κ1) is 13.8. The van der Waals surface area contributed by atoms with E-state index in [4.69, 9.17) is 11.6 Å². The van der Waals surface area contributed by atoms with Gasteiger partial charge in [0.2, 0.25) is 0 Å². The van der Waals surface area contributed by atoms with Gasteiger partial charge in [-0.25, -0.2) is 4.98 Å². The van der Waals surface area contributed by atoms with Crippen LogP contribution in [0.25, 0.3) is 0 Å². The van der Waals surface area contributed by atoms with Crippen LogP contribution in [0.5, 0.6) is 0 Å². The zero-order valence-electron chi connectivity index (χ0n) is 11.3. The average molecular weight is 268 g/mol. The number of aromatic nitrogens is 1. The van der Waals surface area contributed by atoms with E-state index in [0.29, 0.717) is 11.2 Å². The van der Waals surface area contributed by atoms with Gasteiger partial charge in [-0.1, -0.05) is 18.5 Å². The van der Waals surface area contributed by atoms with E-state index in [-0.39, 0.29) is 0 Å². The molecular formula is C14H22ClN3. The Morgan fingerprint density at radius 2 is 2.28 bits per heavy atom. The first-order valence-electron chi connectivity index (χ1n) is 6.72. The Morgan fingerprint density at radius 3 is 3.00 bits per heavy atom. The standard InChI is InChI=1S/C14H22ClN3/c1-3-13-11-17(2)7-4-8-18(13)10-12-5-6-16-14(15)9-12/h5-6,9,13H,3-4,7-8,10-11H2,1-2H3. The van der Waals surface area contributed by atoms with Crippen LogP contribution in [0, 0.1) is 0 Å². The van der Waals surface area contributed by atoms with Crippen LogP contribution >= 0.6 is 11.6 Å². The number of likely N-dealkylation sites (N-methyl/N-ethyl adjacent to an activating group) is 1. The molecule has 1 aliphatic heterocycles. The maximum absolute atomic E-state index is 5.95. The van der Waals surface area contributed by atoms with Gasteiger partial charge in [0.1, 0.15) is 5.15 Å². The van der Waals surface area contributed by atoms with Crippen molar-refractivity contribution in [3.05, 3.63) is 29.0 Å². The van der Waals surface area contributed by atoms with E-state index in [2.05, 4.69) is 34.8 Å². The summed E-state index contributed by atoms with van der Waals surface area (Å²) < 4.78 is 0. The fourth-order valence-corrected chi connectivity index (χ4v) is 2.86. The lowest BCUT2D eigenvalue weighted by Gasteiger charge is -2.30.